The van der Waals surface area contributed by atoms with Crippen LogP contribution in [0.25, 0.3) is 0 Å². The Morgan fingerprint density at radius 2 is 1.38 bits per heavy atom. The number of rotatable bonds is 2. The van der Waals surface area contributed by atoms with E-state index in [9.17, 15) is 5.11 Å². The molecule has 0 radical (unpaired) electrons. The number of benzene rings is 2. The van der Waals surface area contributed by atoms with Crippen LogP contribution < -0.4 is 0 Å². The van der Waals surface area contributed by atoms with Crippen molar-refractivity contribution in [2.75, 3.05) is 0 Å². The van der Waals surface area contributed by atoms with E-state index in [1.807, 2.05) is 72.8 Å². The highest BCUT2D eigenvalue weighted by Crippen LogP contribution is 2.18. The van der Waals surface area contributed by atoms with Gasteiger partial charge in [-0.1, -0.05) is 42.5 Å². The lowest BCUT2D eigenvalue weighted by Crippen LogP contribution is -2.31. The fraction of sp³-hybridized carbons (Fsp3) is 0.111. The third-order valence-electron chi connectivity index (χ3n) is 3.25. The van der Waals surface area contributed by atoms with Crippen LogP contribution in [0, 0.1) is 0 Å². The Labute approximate surface area is 124 Å². The van der Waals surface area contributed by atoms with Crippen molar-refractivity contribution in [1.29, 1.82) is 0 Å². The lowest BCUT2D eigenvalue weighted by Gasteiger charge is -2.17. The standard InChI is InChI=1S/C18H16N2O/c21-18-16(19-14-8-3-1-4-9-14)12-7-13-17(18)20-15-10-5-2-6-11-15/h1-12,18,21H,13H2/b19-16+,20-17-. The van der Waals surface area contributed by atoms with E-state index >= 15 is 0 Å². The van der Waals surface area contributed by atoms with Crippen molar-refractivity contribution in [2.24, 2.45) is 9.98 Å². The lowest BCUT2D eigenvalue weighted by atomic mass is 9.99. The quantitative estimate of drug-likeness (QED) is 0.889. The largest absolute Gasteiger partial charge is 0.381 e. The summed E-state index contributed by atoms with van der Waals surface area (Å²) in [6, 6.07) is 19.3. The maximum absolute atomic E-state index is 10.4. The van der Waals surface area contributed by atoms with Crippen LogP contribution in [-0.4, -0.2) is 22.6 Å². The molecular weight excluding hydrogens is 260 g/mol. The monoisotopic (exact) mass is 276 g/mol. The van der Waals surface area contributed by atoms with Gasteiger partial charge in [0.25, 0.3) is 0 Å². The predicted molar refractivity (Wildman–Crippen MR) is 86.8 cm³/mol. The van der Waals surface area contributed by atoms with Crippen molar-refractivity contribution in [2.45, 2.75) is 12.5 Å². The maximum atomic E-state index is 10.4. The van der Waals surface area contributed by atoms with E-state index in [1.54, 1.807) is 0 Å². The van der Waals surface area contributed by atoms with E-state index in [1.165, 1.54) is 0 Å². The van der Waals surface area contributed by atoms with Crippen LogP contribution >= 0.6 is 0 Å². The van der Waals surface area contributed by atoms with Gasteiger partial charge in [0.05, 0.1) is 22.8 Å². The fourth-order valence-corrected chi connectivity index (χ4v) is 2.20. The molecule has 0 spiro atoms. The van der Waals surface area contributed by atoms with Gasteiger partial charge in [-0.3, -0.25) is 9.98 Å². The van der Waals surface area contributed by atoms with Gasteiger partial charge in [0.2, 0.25) is 0 Å². The summed E-state index contributed by atoms with van der Waals surface area (Å²) in [5, 5.41) is 10.4. The van der Waals surface area contributed by atoms with E-state index in [0.717, 1.165) is 17.1 Å². The average molecular weight is 276 g/mol. The molecule has 1 aliphatic carbocycles. The van der Waals surface area contributed by atoms with Crippen LogP contribution in [0.2, 0.25) is 0 Å². The highest BCUT2D eigenvalue weighted by Gasteiger charge is 2.20. The first-order valence-electron chi connectivity index (χ1n) is 6.94. The summed E-state index contributed by atoms with van der Waals surface area (Å²) in [5.41, 5.74) is 3.03. The highest BCUT2D eigenvalue weighted by molar-refractivity contribution is 6.18. The Balaban J connectivity index is 1.89. The van der Waals surface area contributed by atoms with Crippen LogP contribution in [0.4, 0.5) is 11.4 Å². The van der Waals surface area contributed by atoms with E-state index in [-0.39, 0.29) is 0 Å². The SMILES string of the molecule is OC1/C(=N\c2ccccc2)CC=C/C1=N\c1ccccc1. The third kappa shape index (κ3) is 3.33. The molecule has 0 aliphatic heterocycles. The molecule has 0 aromatic heterocycles. The molecule has 0 heterocycles. The summed E-state index contributed by atoms with van der Waals surface area (Å²) in [7, 11) is 0. The molecule has 0 amide bonds. The first-order chi connectivity index (χ1) is 10.3. The van der Waals surface area contributed by atoms with Crippen LogP contribution in [0.1, 0.15) is 6.42 Å². The summed E-state index contributed by atoms with van der Waals surface area (Å²) in [6.45, 7) is 0. The number of aliphatic hydroxyl groups excluding tert-OH is 1. The summed E-state index contributed by atoms with van der Waals surface area (Å²) >= 11 is 0. The molecule has 1 N–H and O–H groups in total. The smallest absolute Gasteiger partial charge is 0.134 e. The van der Waals surface area contributed by atoms with Gasteiger partial charge in [-0.15, -0.1) is 0 Å². The van der Waals surface area contributed by atoms with Crippen molar-refractivity contribution in [3.05, 3.63) is 72.8 Å². The molecule has 1 aliphatic rings. The molecule has 0 saturated heterocycles. The first kappa shape index (κ1) is 13.5. The lowest BCUT2D eigenvalue weighted by molar-refractivity contribution is 0.304. The number of nitrogens with zero attached hydrogens (tertiary/aromatic N) is 2. The van der Waals surface area contributed by atoms with Gasteiger partial charge in [-0.05, 0) is 30.3 Å². The summed E-state index contributed by atoms with van der Waals surface area (Å²) in [4.78, 5) is 9.02. The summed E-state index contributed by atoms with van der Waals surface area (Å²) in [5.74, 6) is 0. The zero-order chi connectivity index (χ0) is 14.5. The molecular formula is C18H16N2O. The molecule has 3 rings (SSSR count). The number of aliphatic imine (C=N–C) groups is 2. The molecule has 3 nitrogen and oxygen atoms in total. The minimum atomic E-state index is -0.754. The van der Waals surface area contributed by atoms with Gasteiger partial charge in [-0.25, -0.2) is 0 Å². The second kappa shape index (κ2) is 6.29. The zero-order valence-electron chi connectivity index (χ0n) is 11.6. The number of hydrogen-bond acceptors (Lipinski definition) is 3. The van der Waals surface area contributed by atoms with Gasteiger partial charge >= 0.3 is 0 Å². The maximum Gasteiger partial charge on any atom is 0.134 e. The normalized spacial score (nSPS) is 21.9. The van der Waals surface area contributed by atoms with Gasteiger partial charge < -0.3 is 5.11 Å². The van der Waals surface area contributed by atoms with Crippen LogP contribution in [-0.2, 0) is 0 Å². The Bertz CT molecular complexity index is 688. The minimum Gasteiger partial charge on any atom is -0.381 e. The van der Waals surface area contributed by atoms with Gasteiger partial charge in [0, 0.05) is 6.42 Å². The summed E-state index contributed by atoms with van der Waals surface area (Å²) in [6.07, 6.45) is 3.73. The third-order valence-corrected chi connectivity index (χ3v) is 3.25. The molecule has 0 bridgehead atoms. The number of hydrogen-bond donors (Lipinski definition) is 1. The van der Waals surface area contributed by atoms with Gasteiger partial charge in [0.15, 0.2) is 0 Å². The molecule has 21 heavy (non-hydrogen) atoms. The van der Waals surface area contributed by atoms with Gasteiger partial charge in [0.1, 0.15) is 6.10 Å². The molecule has 2 aromatic rings. The number of allylic oxidation sites excluding steroid dienone is 1. The topological polar surface area (TPSA) is 45.0 Å². The predicted octanol–water partition coefficient (Wildman–Crippen LogP) is 3.85. The van der Waals surface area contributed by atoms with Gasteiger partial charge in [-0.2, -0.15) is 0 Å². The molecule has 3 heteroatoms. The Morgan fingerprint density at radius 1 is 0.810 bits per heavy atom. The van der Waals surface area contributed by atoms with Crippen molar-refractivity contribution in [3.8, 4) is 0 Å². The Kier molecular flexibility index (Phi) is 4.03. The Morgan fingerprint density at radius 3 is 2.00 bits per heavy atom. The second-order valence-corrected chi connectivity index (χ2v) is 4.82. The first-order valence-corrected chi connectivity index (χ1v) is 6.94. The van der Waals surface area contributed by atoms with E-state index in [2.05, 4.69) is 9.98 Å². The van der Waals surface area contributed by atoms with Crippen LogP contribution in [0.15, 0.2) is 82.8 Å². The zero-order valence-corrected chi connectivity index (χ0v) is 11.6. The minimum absolute atomic E-state index is 0.627. The van der Waals surface area contributed by atoms with E-state index in [0.29, 0.717) is 12.1 Å². The summed E-state index contributed by atoms with van der Waals surface area (Å²) < 4.78 is 0. The van der Waals surface area contributed by atoms with Crippen LogP contribution in [0.5, 0.6) is 0 Å². The molecule has 0 fully saturated rings. The highest BCUT2D eigenvalue weighted by atomic mass is 16.3. The fourth-order valence-electron chi connectivity index (χ4n) is 2.20. The average Bonchev–Trinajstić information content (AvgIpc) is 2.53. The number of para-hydroxylation sites is 2. The van der Waals surface area contributed by atoms with Crippen molar-refractivity contribution in [3.63, 3.8) is 0 Å². The molecule has 1 unspecified atom stereocenters. The van der Waals surface area contributed by atoms with Crippen molar-refractivity contribution >= 4 is 22.8 Å². The molecule has 104 valence electrons. The molecule has 0 saturated carbocycles. The van der Waals surface area contributed by atoms with Crippen molar-refractivity contribution < 1.29 is 5.11 Å². The van der Waals surface area contributed by atoms with Crippen molar-refractivity contribution in [1.82, 2.24) is 0 Å². The van der Waals surface area contributed by atoms with E-state index < -0.39 is 6.10 Å². The second-order valence-electron chi connectivity index (χ2n) is 4.82. The molecule has 1 atom stereocenters. The Hall–Kier alpha value is -2.52. The van der Waals surface area contributed by atoms with Crippen LogP contribution in [0.3, 0.4) is 0 Å². The van der Waals surface area contributed by atoms with E-state index in [4.69, 9.17) is 0 Å². The number of aliphatic hydroxyl groups is 1. The molecule has 2 aromatic carbocycles.